The monoisotopic (exact) mass is 215 g/mol. The zero-order valence-corrected chi connectivity index (χ0v) is 9.85. The van der Waals surface area contributed by atoms with E-state index in [2.05, 4.69) is 35.2 Å². The molecule has 0 aliphatic heterocycles. The van der Waals surface area contributed by atoms with Crippen LogP contribution in [0.1, 0.15) is 33.1 Å². The summed E-state index contributed by atoms with van der Waals surface area (Å²) < 4.78 is 0. The highest BCUT2D eigenvalue weighted by Crippen LogP contribution is 2.39. The fourth-order valence-corrected chi connectivity index (χ4v) is 2.67. The standard InChI is InChI=1S/C13H17N3/c1-9-4-3-5-11-6-7-12(13(9)11)8-10(2)15-16-14/h4,6-7,10,12H,3,5,8H2,1-2H3. The van der Waals surface area contributed by atoms with Gasteiger partial charge in [0.15, 0.2) is 0 Å². The van der Waals surface area contributed by atoms with Gasteiger partial charge in [-0.1, -0.05) is 35.8 Å². The minimum absolute atomic E-state index is 0.0706. The highest BCUT2D eigenvalue weighted by molar-refractivity contribution is 5.49. The van der Waals surface area contributed by atoms with E-state index < -0.39 is 0 Å². The van der Waals surface area contributed by atoms with Gasteiger partial charge in [0, 0.05) is 16.9 Å². The van der Waals surface area contributed by atoms with Crippen LogP contribution in [0.2, 0.25) is 0 Å². The molecule has 0 aromatic heterocycles. The molecule has 2 unspecified atom stereocenters. The Morgan fingerprint density at radius 3 is 3.19 bits per heavy atom. The molecule has 0 bridgehead atoms. The van der Waals surface area contributed by atoms with Crippen LogP contribution < -0.4 is 0 Å². The van der Waals surface area contributed by atoms with Crippen LogP contribution in [0.15, 0.2) is 40.1 Å². The summed E-state index contributed by atoms with van der Waals surface area (Å²) in [5, 5.41) is 3.76. The minimum atomic E-state index is 0.0706. The minimum Gasteiger partial charge on any atom is -0.0909 e. The summed E-state index contributed by atoms with van der Waals surface area (Å²) in [5.74, 6) is 0.451. The summed E-state index contributed by atoms with van der Waals surface area (Å²) in [6.07, 6.45) is 10.1. The fourth-order valence-electron chi connectivity index (χ4n) is 2.67. The van der Waals surface area contributed by atoms with Gasteiger partial charge in [0.25, 0.3) is 0 Å². The molecule has 3 heteroatoms. The third-order valence-electron chi connectivity index (χ3n) is 3.38. The maximum Gasteiger partial charge on any atom is 0.0354 e. The Labute approximate surface area is 96.2 Å². The first-order valence-corrected chi connectivity index (χ1v) is 5.85. The molecule has 0 fully saturated rings. The molecule has 16 heavy (non-hydrogen) atoms. The van der Waals surface area contributed by atoms with Gasteiger partial charge in [0.1, 0.15) is 0 Å². The lowest BCUT2D eigenvalue weighted by molar-refractivity contribution is 0.582. The van der Waals surface area contributed by atoms with E-state index in [1.807, 2.05) is 6.92 Å². The second-order valence-electron chi connectivity index (χ2n) is 4.62. The molecule has 0 heterocycles. The number of azide groups is 1. The first-order valence-electron chi connectivity index (χ1n) is 5.85. The van der Waals surface area contributed by atoms with Crippen molar-refractivity contribution in [3.05, 3.63) is 45.4 Å². The van der Waals surface area contributed by atoms with Gasteiger partial charge >= 0.3 is 0 Å². The number of allylic oxidation sites excluding steroid dienone is 6. The van der Waals surface area contributed by atoms with Crippen molar-refractivity contribution in [2.75, 3.05) is 0 Å². The Balaban J connectivity index is 2.14. The Bertz CT molecular complexity index is 422. The summed E-state index contributed by atoms with van der Waals surface area (Å²) in [7, 11) is 0. The first kappa shape index (κ1) is 11.0. The van der Waals surface area contributed by atoms with E-state index >= 15 is 0 Å². The highest BCUT2D eigenvalue weighted by atomic mass is 15.1. The molecule has 2 aliphatic carbocycles. The lowest BCUT2D eigenvalue weighted by Crippen LogP contribution is -2.10. The van der Waals surface area contributed by atoms with Crippen LogP contribution in [0.4, 0.5) is 0 Å². The maximum atomic E-state index is 8.41. The molecule has 0 N–H and O–H groups in total. The summed E-state index contributed by atoms with van der Waals surface area (Å²) in [6, 6.07) is 0.0706. The molecule has 0 spiro atoms. The highest BCUT2D eigenvalue weighted by Gasteiger charge is 2.24. The predicted octanol–water partition coefficient (Wildman–Crippen LogP) is 4.30. The van der Waals surface area contributed by atoms with Crippen LogP contribution in [0.3, 0.4) is 0 Å². The van der Waals surface area contributed by atoms with Gasteiger partial charge in [0.05, 0.1) is 0 Å². The lowest BCUT2D eigenvalue weighted by atomic mass is 9.85. The van der Waals surface area contributed by atoms with Gasteiger partial charge in [0.2, 0.25) is 0 Å². The average molecular weight is 215 g/mol. The van der Waals surface area contributed by atoms with Crippen molar-refractivity contribution in [2.45, 2.75) is 39.2 Å². The molecular weight excluding hydrogens is 198 g/mol. The Kier molecular flexibility index (Phi) is 3.16. The molecule has 2 aliphatic rings. The van der Waals surface area contributed by atoms with E-state index in [-0.39, 0.29) is 6.04 Å². The van der Waals surface area contributed by atoms with Gasteiger partial charge in [-0.2, -0.15) is 0 Å². The zero-order chi connectivity index (χ0) is 11.5. The van der Waals surface area contributed by atoms with E-state index in [1.54, 1.807) is 0 Å². The Morgan fingerprint density at radius 1 is 1.62 bits per heavy atom. The van der Waals surface area contributed by atoms with Crippen molar-refractivity contribution < 1.29 is 0 Å². The molecule has 0 saturated heterocycles. The number of nitrogens with zero attached hydrogens (tertiary/aromatic N) is 3. The molecule has 2 atom stereocenters. The van der Waals surface area contributed by atoms with Gasteiger partial charge in [-0.3, -0.25) is 0 Å². The maximum absolute atomic E-state index is 8.41. The van der Waals surface area contributed by atoms with Crippen LogP contribution in [-0.4, -0.2) is 6.04 Å². The first-order chi connectivity index (χ1) is 7.72. The smallest absolute Gasteiger partial charge is 0.0354 e. The molecule has 0 saturated carbocycles. The number of rotatable bonds is 3. The molecule has 0 radical (unpaired) electrons. The van der Waals surface area contributed by atoms with E-state index in [0.29, 0.717) is 5.92 Å². The van der Waals surface area contributed by atoms with Crippen LogP contribution >= 0.6 is 0 Å². The molecule has 2 rings (SSSR count). The largest absolute Gasteiger partial charge is 0.0909 e. The molecule has 0 aromatic carbocycles. The van der Waals surface area contributed by atoms with E-state index in [9.17, 15) is 0 Å². The van der Waals surface area contributed by atoms with E-state index in [0.717, 1.165) is 19.3 Å². The summed E-state index contributed by atoms with van der Waals surface area (Å²) in [6.45, 7) is 4.17. The third-order valence-corrected chi connectivity index (χ3v) is 3.38. The third kappa shape index (κ3) is 2.05. The van der Waals surface area contributed by atoms with E-state index in [4.69, 9.17) is 5.53 Å². The van der Waals surface area contributed by atoms with Gasteiger partial charge in [-0.15, -0.1) is 0 Å². The van der Waals surface area contributed by atoms with Crippen molar-refractivity contribution >= 4 is 0 Å². The molecule has 84 valence electrons. The second kappa shape index (κ2) is 4.58. The summed E-state index contributed by atoms with van der Waals surface area (Å²) in [4.78, 5) is 2.87. The summed E-state index contributed by atoms with van der Waals surface area (Å²) in [5.41, 5.74) is 12.8. The Morgan fingerprint density at radius 2 is 2.44 bits per heavy atom. The predicted molar refractivity (Wildman–Crippen MR) is 65.9 cm³/mol. The molecular formula is C13H17N3. The van der Waals surface area contributed by atoms with Gasteiger partial charge in [-0.25, -0.2) is 0 Å². The van der Waals surface area contributed by atoms with Crippen molar-refractivity contribution in [2.24, 2.45) is 11.0 Å². The normalized spacial score (nSPS) is 24.9. The van der Waals surface area contributed by atoms with E-state index in [1.165, 1.54) is 16.7 Å². The lowest BCUT2D eigenvalue weighted by Gasteiger charge is -2.20. The van der Waals surface area contributed by atoms with Crippen molar-refractivity contribution in [1.82, 2.24) is 0 Å². The Hall–Kier alpha value is -1.47. The quantitative estimate of drug-likeness (QED) is 0.383. The van der Waals surface area contributed by atoms with Crippen molar-refractivity contribution in [1.29, 1.82) is 0 Å². The molecule has 3 nitrogen and oxygen atoms in total. The topological polar surface area (TPSA) is 48.8 Å². The van der Waals surface area contributed by atoms with Crippen molar-refractivity contribution in [3.63, 3.8) is 0 Å². The fraction of sp³-hybridized carbons (Fsp3) is 0.538. The number of hydrogen-bond donors (Lipinski definition) is 0. The van der Waals surface area contributed by atoms with Crippen LogP contribution in [-0.2, 0) is 0 Å². The molecule has 0 amide bonds. The second-order valence-corrected chi connectivity index (χ2v) is 4.62. The van der Waals surface area contributed by atoms with Crippen LogP contribution in [0.5, 0.6) is 0 Å². The summed E-state index contributed by atoms with van der Waals surface area (Å²) >= 11 is 0. The molecule has 0 aromatic rings. The van der Waals surface area contributed by atoms with Crippen LogP contribution in [0, 0.1) is 5.92 Å². The zero-order valence-electron chi connectivity index (χ0n) is 9.85. The number of hydrogen-bond acceptors (Lipinski definition) is 1. The van der Waals surface area contributed by atoms with Gasteiger partial charge < -0.3 is 0 Å². The average Bonchev–Trinajstić information content (AvgIpc) is 2.63. The van der Waals surface area contributed by atoms with Crippen molar-refractivity contribution in [3.8, 4) is 0 Å². The van der Waals surface area contributed by atoms with Crippen LogP contribution in [0.25, 0.3) is 10.4 Å². The van der Waals surface area contributed by atoms with Gasteiger partial charge in [-0.05, 0) is 42.9 Å². The SMILES string of the molecule is CC1=CCCC2=C1C(CC(C)N=[N+]=[N-])C=C2.